The molecular formula is C13H15ClN2O4. The molecule has 108 valence electrons. The van der Waals surface area contributed by atoms with Gasteiger partial charge in [0.1, 0.15) is 0 Å². The Labute approximate surface area is 121 Å². The van der Waals surface area contributed by atoms with Crippen molar-refractivity contribution in [2.75, 3.05) is 5.32 Å². The van der Waals surface area contributed by atoms with E-state index in [2.05, 4.69) is 10.6 Å². The number of anilines is 1. The summed E-state index contributed by atoms with van der Waals surface area (Å²) in [5, 5.41) is 13.8. The molecule has 0 aromatic heterocycles. The van der Waals surface area contributed by atoms with Crippen LogP contribution in [0.4, 0.5) is 10.5 Å². The van der Waals surface area contributed by atoms with E-state index >= 15 is 0 Å². The first-order valence-corrected chi connectivity index (χ1v) is 6.18. The fraction of sp³-hybridized carbons (Fsp3) is 0.308. The van der Waals surface area contributed by atoms with Crippen molar-refractivity contribution in [1.82, 2.24) is 5.32 Å². The number of halogens is 1. The number of imide groups is 1. The van der Waals surface area contributed by atoms with E-state index in [0.717, 1.165) is 0 Å². The Morgan fingerprint density at radius 3 is 2.50 bits per heavy atom. The summed E-state index contributed by atoms with van der Waals surface area (Å²) < 4.78 is 0. The summed E-state index contributed by atoms with van der Waals surface area (Å²) in [6, 6.07) is 5.68. The van der Waals surface area contributed by atoms with Gasteiger partial charge >= 0.3 is 12.0 Å². The molecule has 0 aliphatic rings. The van der Waals surface area contributed by atoms with Crippen molar-refractivity contribution < 1.29 is 19.5 Å². The highest BCUT2D eigenvalue weighted by molar-refractivity contribution is 6.30. The Morgan fingerprint density at radius 1 is 1.30 bits per heavy atom. The molecule has 20 heavy (non-hydrogen) atoms. The Morgan fingerprint density at radius 2 is 1.95 bits per heavy atom. The average molecular weight is 299 g/mol. The zero-order valence-electron chi connectivity index (χ0n) is 11.1. The number of urea groups is 1. The number of amides is 3. The first kappa shape index (κ1) is 16.0. The molecule has 0 fully saturated rings. The van der Waals surface area contributed by atoms with E-state index in [0.29, 0.717) is 10.7 Å². The van der Waals surface area contributed by atoms with Crippen LogP contribution >= 0.6 is 11.6 Å². The van der Waals surface area contributed by atoms with E-state index in [9.17, 15) is 14.4 Å². The van der Waals surface area contributed by atoms with Gasteiger partial charge in [0.25, 0.3) is 0 Å². The molecule has 0 saturated carbocycles. The minimum atomic E-state index is -1.24. The number of carboxylic acids is 1. The summed E-state index contributed by atoms with van der Waals surface area (Å²) in [7, 11) is 0. The van der Waals surface area contributed by atoms with Crippen LogP contribution in [-0.4, -0.2) is 23.0 Å². The molecule has 0 aliphatic heterocycles. The van der Waals surface area contributed by atoms with Crippen LogP contribution in [-0.2, 0) is 9.59 Å². The number of carboxylic acid groups (broad SMARTS) is 1. The highest BCUT2D eigenvalue weighted by Crippen LogP contribution is 2.20. The molecule has 1 rings (SSSR count). The summed E-state index contributed by atoms with van der Waals surface area (Å²) >= 11 is 5.75. The third kappa shape index (κ3) is 4.89. The highest BCUT2D eigenvalue weighted by Gasteiger charge is 2.30. The molecule has 6 nitrogen and oxygen atoms in total. The second-order valence-corrected chi connectivity index (χ2v) is 5.31. The molecule has 3 N–H and O–H groups in total. The lowest BCUT2D eigenvalue weighted by Crippen LogP contribution is -2.38. The third-order valence-corrected chi connectivity index (χ3v) is 2.75. The molecule has 0 saturated heterocycles. The quantitative estimate of drug-likeness (QED) is 0.795. The molecule has 0 radical (unpaired) electrons. The Kier molecular flexibility index (Phi) is 5.10. The minimum absolute atomic E-state index is 0.300. The predicted molar refractivity (Wildman–Crippen MR) is 74.6 cm³/mol. The van der Waals surface area contributed by atoms with Gasteiger partial charge in [0.05, 0.1) is 5.41 Å². The molecule has 0 unspecified atom stereocenters. The third-order valence-electron chi connectivity index (χ3n) is 2.52. The van der Waals surface area contributed by atoms with Gasteiger partial charge in [-0.25, -0.2) is 4.79 Å². The largest absolute Gasteiger partial charge is 0.481 e. The molecule has 3 amide bonds. The number of benzene rings is 1. The molecule has 0 atom stereocenters. The number of carbonyl (C=O) groups excluding carboxylic acids is 2. The van der Waals surface area contributed by atoms with E-state index in [1.165, 1.54) is 19.9 Å². The highest BCUT2D eigenvalue weighted by atomic mass is 35.5. The standard InChI is InChI=1S/C13H15ClN2O4/c1-13(2,11(18)19)7-10(17)16-12(20)15-9-5-3-4-8(14)6-9/h3-6H,7H2,1-2H3,(H,18,19)(H2,15,16,17,20). The van der Waals surface area contributed by atoms with Gasteiger partial charge in [-0.05, 0) is 32.0 Å². The second-order valence-electron chi connectivity index (χ2n) is 4.88. The SMILES string of the molecule is CC(C)(CC(=O)NC(=O)Nc1cccc(Cl)c1)C(=O)O. The van der Waals surface area contributed by atoms with Crippen LogP contribution in [0.1, 0.15) is 20.3 Å². The zero-order valence-corrected chi connectivity index (χ0v) is 11.8. The van der Waals surface area contributed by atoms with Crippen molar-refractivity contribution in [2.24, 2.45) is 5.41 Å². The Hall–Kier alpha value is -2.08. The zero-order chi connectivity index (χ0) is 15.3. The number of rotatable bonds is 4. The summed E-state index contributed by atoms with van der Waals surface area (Å²) in [6.07, 6.45) is -0.300. The maximum Gasteiger partial charge on any atom is 0.325 e. The first-order valence-electron chi connectivity index (χ1n) is 5.80. The first-order chi connectivity index (χ1) is 9.20. The van der Waals surface area contributed by atoms with Crippen molar-refractivity contribution in [2.45, 2.75) is 20.3 Å². The fourth-order valence-corrected chi connectivity index (χ4v) is 1.57. The molecule has 1 aromatic carbocycles. The lowest BCUT2D eigenvalue weighted by atomic mass is 9.89. The van der Waals surface area contributed by atoms with Crippen LogP contribution in [0.5, 0.6) is 0 Å². The topological polar surface area (TPSA) is 95.5 Å². The van der Waals surface area contributed by atoms with Crippen molar-refractivity contribution in [3.63, 3.8) is 0 Å². The smallest absolute Gasteiger partial charge is 0.325 e. The number of carbonyl (C=O) groups is 3. The molecule has 0 spiro atoms. The van der Waals surface area contributed by atoms with Gasteiger partial charge < -0.3 is 10.4 Å². The molecular weight excluding hydrogens is 284 g/mol. The summed E-state index contributed by atoms with van der Waals surface area (Å²) in [6.45, 7) is 2.81. The number of nitrogens with one attached hydrogen (secondary N) is 2. The van der Waals surface area contributed by atoms with Gasteiger partial charge in [-0.1, -0.05) is 17.7 Å². The molecule has 0 bridgehead atoms. The van der Waals surface area contributed by atoms with Crippen LogP contribution in [0.3, 0.4) is 0 Å². The number of hydrogen-bond acceptors (Lipinski definition) is 3. The normalized spacial score (nSPS) is 10.8. The van der Waals surface area contributed by atoms with Crippen molar-refractivity contribution in [3.05, 3.63) is 29.3 Å². The van der Waals surface area contributed by atoms with E-state index in [1.54, 1.807) is 18.2 Å². The van der Waals surface area contributed by atoms with Crippen LogP contribution in [0.25, 0.3) is 0 Å². The number of hydrogen-bond donors (Lipinski definition) is 3. The maximum absolute atomic E-state index is 11.6. The van der Waals surface area contributed by atoms with E-state index < -0.39 is 23.3 Å². The number of aliphatic carboxylic acids is 1. The van der Waals surface area contributed by atoms with Gasteiger partial charge in [0.2, 0.25) is 5.91 Å². The van der Waals surface area contributed by atoms with Gasteiger partial charge in [0, 0.05) is 17.1 Å². The lowest BCUT2D eigenvalue weighted by Gasteiger charge is -2.17. The van der Waals surface area contributed by atoms with E-state index in [4.69, 9.17) is 16.7 Å². The van der Waals surface area contributed by atoms with Gasteiger partial charge in [-0.2, -0.15) is 0 Å². The average Bonchev–Trinajstić information content (AvgIpc) is 2.26. The van der Waals surface area contributed by atoms with Crippen molar-refractivity contribution >= 4 is 35.2 Å². The maximum atomic E-state index is 11.6. The molecule has 1 aromatic rings. The lowest BCUT2D eigenvalue weighted by molar-refractivity contribution is -0.149. The van der Waals surface area contributed by atoms with Crippen molar-refractivity contribution in [3.8, 4) is 0 Å². The molecule has 0 heterocycles. The predicted octanol–water partition coefficient (Wildman–Crippen LogP) is 2.49. The van der Waals surface area contributed by atoms with Crippen LogP contribution in [0, 0.1) is 5.41 Å². The molecule has 0 aliphatic carbocycles. The van der Waals surface area contributed by atoms with E-state index in [1.807, 2.05) is 0 Å². The Bertz CT molecular complexity index is 543. The van der Waals surface area contributed by atoms with Crippen LogP contribution < -0.4 is 10.6 Å². The van der Waals surface area contributed by atoms with Gasteiger partial charge in [-0.15, -0.1) is 0 Å². The van der Waals surface area contributed by atoms with E-state index in [-0.39, 0.29) is 6.42 Å². The summed E-state index contributed by atoms with van der Waals surface area (Å²) in [5.74, 6) is -1.78. The minimum Gasteiger partial charge on any atom is -0.481 e. The molecule has 7 heteroatoms. The monoisotopic (exact) mass is 298 g/mol. The second kappa shape index (κ2) is 6.38. The van der Waals surface area contributed by atoms with Crippen molar-refractivity contribution in [1.29, 1.82) is 0 Å². The van der Waals surface area contributed by atoms with Gasteiger partial charge in [0.15, 0.2) is 0 Å². The fourth-order valence-electron chi connectivity index (χ4n) is 1.38. The Balaban J connectivity index is 2.55. The van der Waals surface area contributed by atoms with Crippen LogP contribution in [0.2, 0.25) is 5.02 Å². The van der Waals surface area contributed by atoms with Crippen LogP contribution in [0.15, 0.2) is 24.3 Å². The summed E-state index contributed by atoms with van der Waals surface area (Å²) in [4.78, 5) is 34.0. The summed E-state index contributed by atoms with van der Waals surface area (Å²) in [5.41, 5.74) is -0.805. The van der Waals surface area contributed by atoms with Gasteiger partial charge in [-0.3, -0.25) is 14.9 Å².